The lowest BCUT2D eigenvalue weighted by Gasteiger charge is -2.14. The summed E-state index contributed by atoms with van der Waals surface area (Å²) in [6, 6.07) is 9.10. The van der Waals surface area contributed by atoms with E-state index in [1.165, 1.54) is 41.6 Å². The van der Waals surface area contributed by atoms with Gasteiger partial charge in [-0.1, -0.05) is 12.2 Å². The number of benzene rings is 3. The standard InChI is InChI=1S/C26H26F2O7S/c1-31-22-12-17(7-6-16-10-24(33-3)26(35-5)25(11-16)34-4)18(13-23(22)32-2)15-36(29,30)19-8-9-20(27)21(28)14-19/h6-14H,15H2,1-5H3/b7-6-. The van der Waals surface area contributed by atoms with Gasteiger partial charge in [0.05, 0.1) is 46.2 Å². The smallest absolute Gasteiger partial charge is 0.203 e. The molecule has 0 bridgehead atoms. The van der Waals surface area contributed by atoms with Crippen molar-refractivity contribution in [3.8, 4) is 28.7 Å². The van der Waals surface area contributed by atoms with Gasteiger partial charge in [-0.05, 0) is 59.2 Å². The van der Waals surface area contributed by atoms with Crippen LogP contribution < -0.4 is 23.7 Å². The maximum absolute atomic E-state index is 13.7. The minimum Gasteiger partial charge on any atom is -0.493 e. The third kappa shape index (κ3) is 5.71. The van der Waals surface area contributed by atoms with Gasteiger partial charge in [0.15, 0.2) is 44.5 Å². The van der Waals surface area contributed by atoms with Crippen LogP contribution in [-0.4, -0.2) is 44.0 Å². The summed E-state index contributed by atoms with van der Waals surface area (Å²) in [6.45, 7) is 0. The quantitative estimate of drug-likeness (QED) is 0.270. The molecule has 7 nitrogen and oxygen atoms in total. The summed E-state index contributed by atoms with van der Waals surface area (Å²) in [5.74, 6) is -0.835. The van der Waals surface area contributed by atoms with Crippen LogP contribution in [0.3, 0.4) is 0 Å². The summed E-state index contributed by atoms with van der Waals surface area (Å²) in [5, 5.41) is 0. The number of sulfone groups is 1. The highest BCUT2D eigenvalue weighted by molar-refractivity contribution is 7.90. The largest absolute Gasteiger partial charge is 0.493 e. The zero-order chi connectivity index (χ0) is 26.5. The first-order valence-corrected chi connectivity index (χ1v) is 12.2. The van der Waals surface area contributed by atoms with E-state index < -0.39 is 27.2 Å². The van der Waals surface area contributed by atoms with Crippen LogP contribution in [0.4, 0.5) is 8.78 Å². The van der Waals surface area contributed by atoms with Gasteiger partial charge >= 0.3 is 0 Å². The lowest BCUT2D eigenvalue weighted by Crippen LogP contribution is -2.08. The summed E-state index contributed by atoms with van der Waals surface area (Å²) in [4.78, 5) is -0.337. The van der Waals surface area contributed by atoms with Crippen LogP contribution in [0, 0.1) is 11.6 Å². The summed E-state index contributed by atoms with van der Waals surface area (Å²) in [7, 11) is 3.36. The van der Waals surface area contributed by atoms with Crippen molar-refractivity contribution in [1.29, 1.82) is 0 Å². The molecule has 0 fully saturated rings. The van der Waals surface area contributed by atoms with Crippen molar-refractivity contribution < 1.29 is 40.9 Å². The molecule has 0 unspecified atom stereocenters. The van der Waals surface area contributed by atoms with Crippen molar-refractivity contribution in [3.05, 3.63) is 70.8 Å². The van der Waals surface area contributed by atoms with E-state index in [9.17, 15) is 17.2 Å². The van der Waals surface area contributed by atoms with E-state index >= 15 is 0 Å². The molecule has 0 saturated heterocycles. The molecule has 3 rings (SSSR count). The van der Waals surface area contributed by atoms with E-state index in [1.54, 1.807) is 30.4 Å². The molecule has 10 heteroatoms. The Hall–Kier alpha value is -3.79. The van der Waals surface area contributed by atoms with Gasteiger partial charge in [-0.15, -0.1) is 0 Å². The molecule has 0 heterocycles. The highest BCUT2D eigenvalue weighted by Gasteiger charge is 2.21. The Balaban J connectivity index is 2.09. The molecular formula is C26H26F2O7S. The Morgan fingerprint density at radius 1 is 0.694 bits per heavy atom. The maximum atomic E-state index is 13.7. The Labute approximate surface area is 208 Å². The zero-order valence-electron chi connectivity index (χ0n) is 20.4. The fraction of sp³-hybridized carbons (Fsp3) is 0.231. The van der Waals surface area contributed by atoms with Gasteiger partial charge in [0.2, 0.25) is 5.75 Å². The van der Waals surface area contributed by atoms with Gasteiger partial charge in [0.1, 0.15) is 0 Å². The van der Waals surface area contributed by atoms with Gasteiger partial charge in [0.25, 0.3) is 0 Å². The van der Waals surface area contributed by atoms with Crippen LogP contribution in [0.2, 0.25) is 0 Å². The second-order valence-corrected chi connectivity index (χ2v) is 9.52. The normalized spacial score (nSPS) is 11.4. The van der Waals surface area contributed by atoms with E-state index in [1.807, 2.05) is 0 Å². The number of rotatable bonds is 10. The molecule has 0 spiro atoms. The van der Waals surface area contributed by atoms with Gasteiger partial charge in [0, 0.05) is 0 Å². The van der Waals surface area contributed by atoms with E-state index in [0.29, 0.717) is 51.5 Å². The molecule has 3 aromatic rings. The third-order valence-corrected chi connectivity index (χ3v) is 7.05. The minimum atomic E-state index is -4.03. The fourth-order valence-corrected chi connectivity index (χ4v) is 4.94. The molecular weight excluding hydrogens is 494 g/mol. The van der Waals surface area contributed by atoms with Crippen LogP contribution in [0.5, 0.6) is 28.7 Å². The predicted octanol–water partition coefficient (Wildman–Crippen LogP) is 5.15. The first kappa shape index (κ1) is 26.8. The molecule has 0 aliphatic carbocycles. The van der Waals surface area contributed by atoms with Gasteiger partial charge in [-0.2, -0.15) is 0 Å². The summed E-state index contributed by atoms with van der Waals surface area (Å²) < 4.78 is 80.0. The topological polar surface area (TPSA) is 80.3 Å². The van der Waals surface area contributed by atoms with Crippen molar-refractivity contribution in [3.63, 3.8) is 0 Å². The van der Waals surface area contributed by atoms with Crippen molar-refractivity contribution in [2.45, 2.75) is 10.6 Å². The zero-order valence-corrected chi connectivity index (χ0v) is 21.2. The van der Waals surface area contributed by atoms with Gasteiger partial charge in [-0.3, -0.25) is 0 Å². The second kappa shape index (κ2) is 11.3. The molecule has 0 saturated carbocycles. The molecule has 36 heavy (non-hydrogen) atoms. The fourth-order valence-electron chi connectivity index (χ4n) is 3.56. The second-order valence-electron chi connectivity index (χ2n) is 7.53. The minimum absolute atomic E-state index is 0.318. The maximum Gasteiger partial charge on any atom is 0.203 e. The Morgan fingerprint density at radius 3 is 1.81 bits per heavy atom. The van der Waals surface area contributed by atoms with E-state index in [-0.39, 0.29) is 4.90 Å². The van der Waals surface area contributed by atoms with E-state index in [0.717, 1.165) is 12.1 Å². The molecule has 0 amide bonds. The average Bonchev–Trinajstić information content (AvgIpc) is 2.88. The van der Waals surface area contributed by atoms with Gasteiger partial charge < -0.3 is 23.7 Å². The Bertz CT molecular complexity index is 1360. The third-order valence-electron chi connectivity index (χ3n) is 5.38. The molecule has 192 valence electrons. The highest BCUT2D eigenvalue weighted by atomic mass is 32.2. The van der Waals surface area contributed by atoms with Crippen LogP contribution in [-0.2, 0) is 15.6 Å². The Morgan fingerprint density at radius 2 is 1.28 bits per heavy atom. The summed E-state index contributed by atoms with van der Waals surface area (Å²) in [5.41, 5.74) is 1.56. The molecule has 0 aliphatic rings. The van der Waals surface area contributed by atoms with Crippen LogP contribution >= 0.6 is 0 Å². The average molecular weight is 521 g/mol. The first-order chi connectivity index (χ1) is 17.2. The number of halogens is 2. The van der Waals surface area contributed by atoms with Crippen molar-refractivity contribution in [1.82, 2.24) is 0 Å². The van der Waals surface area contributed by atoms with Crippen LogP contribution in [0.15, 0.2) is 47.4 Å². The lowest BCUT2D eigenvalue weighted by atomic mass is 10.1. The number of ether oxygens (including phenoxy) is 5. The molecule has 0 aliphatic heterocycles. The summed E-state index contributed by atoms with van der Waals surface area (Å²) in [6.07, 6.45) is 3.43. The summed E-state index contributed by atoms with van der Waals surface area (Å²) >= 11 is 0. The monoisotopic (exact) mass is 520 g/mol. The van der Waals surface area contributed by atoms with Gasteiger partial charge in [-0.25, -0.2) is 17.2 Å². The molecule has 3 aromatic carbocycles. The van der Waals surface area contributed by atoms with Crippen molar-refractivity contribution >= 4 is 22.0 Å². The molecule has 0 N–H and O–H groups in total. The Kier molecular flexibility index (Phi) is 8.41. The molecule has 0 atom stereocenters. The molecule has 0 aromatic heterocycles. The highest BCUT2D eigenvalue weighted by Crippen LogP contribution is 2.39. The SMILES string of the molecule is COc1cc(/C=C\c2cc(OC)c(OC)c(OC)c2)c(CS(=O)(=O)c2ccc(F)c(F)c2)cc1OC. The predicted molar refractivity (Wildman–Crippen MR) is 132 cm³/mol. The lowest BCUT2D eigenvalue weighted by molar-refractivity contribution is 0.324. The van der Waals surface area contributed by atoms with E-state index in [2.05, 4.69) is 0 Å². The van der Waals surface area contributed by atoms with Crippen molar-refractivity contribution in [2.24, 2.45) is 0 Å². The van der Waals surface area contributed by atoms with Crippen LogP contribution in [0.1, 0.15) is 16.7 Å². The number of hydrogen-bond donors (Lipinski definition) is 0. The van der Waals surface area contributed by atoms with Crippen LogP contribution in [0.25, 0.3) is 12.2 Å². The molecule has 0 radical (unpaired) electrons. The number of hydrogen-bond acceptors (Lipinski definition) is 7. The number of methoxy groups -OCH3 is 5. The van der Waals surface area contributed by atoms with Crippen molar-refractivity contribution in [2.75, 3.05) is 35.5 Å². The first-order valence-electron chi connectivity index (χ1n) is 10.6. The van der Waals surface area contributed by atoms with E-state index in [4.69, 9.17) is 23.7 Å².